The predicted molar refractivity (Wildman–Crippen MR) is 118 cm³/mol. The van der Waals surface area contributed by atoms with Gasteiger partial charge in [0, 0.05) is 24.0 Å². The van der Waals surface area contributed by atoms with Crippen LogP contribution in [0.25, 0.3) is 21.5 Å². The van der Waals surface area contributed by atoms with Crippen molar-refractivity contribution in [2.24, 2.45) is 0 Å². The maximum Gasteiger partial charge on any atom is 0.291 e. The second-order valence-corrected chi connectivity index (χ2v) is 8.20. The summed E-state index contributed by atoms with van der Waals surface area (Å²) in [5, 5.41) is 3.83. The number of hydrogen-bond acceptors (Lipinski definition) is 6. The van der Waals surface area contributed by atoms with Gasteiger partial charge in [0.15, 0.2) is 0 Å². The Balaban J connectivity index is 1.47. The molecule has 1 saturated heterocycles. The highest BCUT2D eigenvalue weighted by molar-refractivity contribution is 7.17. The number of aromatic nitrogens is 1. The molecule has 2 aromatic heterocycles. The molecule has 2 amide bonds. The Bertz CT molecular complexity index is 1310. The van der Waals surface area contributed by atoms with Gasteiger partial charge >= 0.3 is 0 Å². The summed E-state index contributed by atoms with van der Waals surface area (Å²) in [6.45, 7) is 1.80. The number of furan rings is 1. The van der Waals surface area contributed by atoms with Gasteiger partial charge in [-0.05, 0) is 24.3 Å². The average molecular weight is 451 g/mol. The Kier molecular flexibility index (Phi) is 5.42. The van der Waals surface area contributed by atoms with Crippen molar-refractivity contribution in [1.82, 2.24) is 9.88 Å². The highest BCUT2D eigenvalue weighted by Gasteiger charge is 2.28. The lowest BCUT2D eigenvalue weighted by Gasteiger charge is -2.26. The minimum Gasteiger partial charge on any atom is -0.449 e. The van der Waals surface area contributed by atoms with Gasteiger partial charge in [0.2, 0.25) is 5.76 Å². The quantitative estimate of drug-likeness (QED) is 0.497. The van der Waals surface area contributed by atoms with E-state index in [-0.39, 0.29) is 11.7 Å². The number of amides is 2. The number of rotatable bonds is 4. The summed E-state index contributed by atoms with van der Waals surface area (Å²) in [4.78, 5) is 32.2. The van der Waals surface area contributed by atoms with Crippen molar-refractivity contribution in [3.05, 3.63) is 71.2 Å². The minimum atomic E-state index is -0.451. The van der Waals surface area contributed by atoms with Gasteiger partial charge in [-0.15, -0.1) is 11.3 Å². The van der Waals surface area contributed by atoms with Crippen molar-refractivity contribution in [2.75, 3.05) is 31.6 Å². The second kappa shape index (κ2) is 8.52. The number of thiazole rings is 1. The van der Waals surface area contributed by atoms with Crippen LogP contribution in [0, 0.1) is 5.82 Å². The van der Waals surface area contributed by atoms with Crippen LogP contribution >= 0.6 is 11.3 Å². The summed E-state index contributed by atoms with van der Waals surface area (Å²) in [5.74, 6) is -1.10. The van der Waals surface area contributed by atoms with Crippen molar-refractivity contribution in [1.29, 1.82) is 0 Å². The molecule has 0 bridgehead atoms. The van der Waals surface area contributed by atoms with E-state index in [1.165, 1.54) is 12.3 Å². The van der Waals surface area contributed by atoms with Crippen LogP contribution in [0.15, 0.2) is 59.1 Å². The topological polar surface area (TPSA) is 84.7 Å². The zero-order valence-corrected chi connectivity index (χ0v) is 17.7. The van der Waals surface area contributed by atoms with E-state index >= 15 is 0 Å². The van der Waals surface area contributed by atoms with Gasteiger partial charge in [-0.2, -0.15) is 0 Å². The number of nitrogens with one attached hydrogen (secondary N) is 1. The van der Waals surface area contributed by atoms with Crippen molar-refractivity contribution in [3.8, 4) is 10.6 Å². The summed E-state index contributed by atoms with van der Waals surface area (Å²) < 4.78 is 25.2. The van der Waals surface area contributed by atoms with Crippen molar-refractivity contribution in [2.45, 2.75) is 0 Å². The fraction of sp³-hybridized carbons (Fsp3) is 0.174. The Hall–Kier alpha value is -3.56. The molecule has 162 valence electrons. The molecule has 0 unspecified atom stereocenters. The minimum absolute atomic E-state index is 0.0697. The number of halogens is 1. The normalized spacial score (nSPS) is 14.0. The lowest BCUT2D eigenvalue weighted by Crippen LogP contribution is -2.40. The molecule has 4 aromatic rings. The fourth-order valence-electron chi connectivity index (χ4n) is 3.54. The van der Waals surface area contributed by atoms with E-state index < -0.39 is 11.7 Å². The van der Waals surface area contributed by atoms with E-state index in [1.807, 2.05) is 0 Å². The average Bonchev–Trinajstić information content (AvgIpc) is 3.45. The molecule has 0 atom stereocenters. The van der Waals surface area contributed by atoms with Crippen molar-refractivity contribution in [3.63, 3.8) is 0 Å². The number of ether oxygens (including phenoxy) is 1. The number of hydrogen-bond donors (Lipinski definition) is 1. The standard InChI is InChI=1S/C23H18FN3O4S/c24-16-7-3-1-5-14(16)22-25-13-18(32-22)21(28)26-19-15-6-2-4-8-17(15)31-20(19)23(29)27-9-11-30-12-10-27/h1-8,13H,9-12H2,(H,26,28). The number of nitrogens with zero attached hydrogens (tertiary/aromatic N) is 2. The molecule has 9 heteroatoms. The van der Waals surface area contributed by atoms with Gasteiger partial charge in [-0.3, -0.25) is 9.59 Å². The Labute approximate surface area is 186 Å². The molecule has 2 aromatic carbocycles. The van der Waals surface area contributed by atoms with Gasteiger partial charge in [0.1, 0.15) is 27.0 Å². The highest BCUT2D eigenvalue weighted by Crippen LogP contribution is 2.33. The molecule has 7 nitrogen and oxygen atoms in total. The van der Waals surface area contributed by atoms with Crippen LogP contribution in [0.4, 0.5) is 10.1 Å². The molecule has 0 radical (unpaired) electrons. The molecule has 1 N–H and O–H groups in total. The van der Waals surface area contributed by atoms with Crippen LogP contribution in [0.1, 0.15) is 20.2 Å². The molecule has 1 aliphatic heterocycles. The van der Waals surface area contributed by atoms with Gasteiger partial charge in [0.25, 0.3) is 11.8 Å². The van der Waals surface area contributed by atoms with Gasteiger partial charge in [-0.25, -0.2) is 9.37 Å². The predicted octanol–water partition coefficient (Wildman–Crippen LogP) is 4.42. The fourth-order valence-corrected chi connectivity index (χ4v) is 4.38. The number of para-hydroxylation sites is 1. The number of morpholine rings is 1. The zero-order chi connectivity index (χ0) is 22.1. The number of fused-ring (bicyclic) bond motifs is 1. The third kappa shape index (κ3) is 3.76. The lowest BCUT2D eigenvalue weighted by atomic mass is 10.2. The summed E-state index contributed by atoms with van der Waals surface area (Å²) in [6.07, 6.45) is 1.40. The number of carbonyl (C=O) groups excluding carboxylic acids is 2. The van der Waals surface area contributed by atoms with Crippen molar-refractivity contribution >= 4 is 39.8 Å². The number of carbonyl (C=O) groups is 2. The first-order chi connectivity index (χ1) is 15.6. The molecule has 0 aliphatic carbocycles. The van der Waals surface area contributed by atoms with Crippen LogP contribution in [0.5, 0.6) is 0 Å². The highest BCUT2D eigenvalue weighted by atomic mass is 32.1. The van der Waals surface area contributed by atoms with Gasteiger partial charge < -0.3 is 19.4 Å². The molecular formula is C23H18FN3O4S. The Morgan fingerprint density at radius 1 is 1.06 bits per heavy atom. The van der Waals surface area contributed by atoms with Crippen LogP contribution in [-0.2, 0) is 4.74 Å². The van der Waals surface area contributed by atoms with E-state index in [2.05, 4.69) is 10.3 Å². The van der Waals surface area contributed by atoms with E-state index in [1.54, 1.807) is 47.4 Å². The number of benzene rings is 2. The van der Waals surface area contributed by atoms with E-state index in [0.717, 1.165) is 11.3 Å². The summed E-state index contributed by atoms with van der Waals surface area (Å²) in [5.41, 5.74) is 1.13. The maximum atomic E-state index is 14.1. The summed E-state index contributed by atoms with van der Waals surface area (Å²) in [7, 11) is 0. The Morgan fingerprint density at radius 3 is 2.62 bits per heavy atom. The first-order valence-corrected chi connectivity index (χ1v) is 10.8. The molecule has 32 heavy (non-hydrogen) atoms. The van der Waals surface area contributed by atoms with Crippen LogP contribution in [0.3, 0.4) is 0 Å². The Morgan fingerprint density at radius 2 is 1.81 bits per heavy atom. The summed E-state index contributed by atoms with van der Waals surface area (Å²) >= 11 is 1.07. The molecule has 0 saturated carbocycles. The van der Waals surface area contributed by atoms with E-state index in [9.17, 15) is 14.0 Å². The lowest BCUT2D eigenvalue weighted by molar-refractivity contribution is 0.0285. The van der Waals surface area contributed by atoms with E-state index in [0.29, 0.717) is 58.4 Å². The van der Waals surface area contributed by atoms with Crippen LogP contribution < -0.4 is 5.32 Å². The third-order valence-electron chi connectivity index (χ3n) is 5.16. The maximum absolute atomic E-state index is 14.1. The molecule has 1 aliphatic rings. The largest absolute Gasteiger partial charge is 0.449 e. The monoisotopic (exact) mass is 451 g/mol. The number of anilines is 1. The molecule has 5 rings (SSSR count). The zero-order valence-electron chi connectivity index (χ0n) is 16.8. The van der Waals surface area contributed by atoms with Gasteiger partial charge in [-0.1, -0.05) is 24.3 Å². The molecule has 0 spiro atoms. The first-order valence-electron chi connectivity index (χ1n) is 10.0. The molecular weight excluding hydrogens is 433 g/mol. The smallest absolute Gasteiger partial charge is 0.291 e. The molecule has 3 heterocycles. The summed E-state index contributed by atoms with van der Waals surface area (Å²) in [6, 6.07) is 13.4. The second-order valence-electron chi connectivity index (χ2n) is 7.17. The molecule has 1 fully saturated rings. The third-order valence-corrected chi connectivity index (χ3v) is 6.19. The van der Waals surface area contributed by atoms with Crippen molar-refractivity contribution < 1.29 is 23.1 Å². The van der Waals surface area contributed by atoms with E-state index in [4.69, 9.17) is 9.15 Å². The van der Waals surface area contributed by atoms with Crippen LogP contribution in [-0.4, -0.2) is 48.0 Å². The SMILES string of the molecule is O=C(Nc1c(C(=O)N2CCOCC2)oc2ccccc12)c1cnc(-c2ccccc2F)s1. The van der Waals surface area contributed by atoms with Gasteiger partial charge in [0.05, 0.1) is 19.4 Å². The first kappa shape index (κ1) is 20.3. The van der Waals surface area contributed by atoms with Crippen LogP contribution in [0.2, 0.25) is 0 Å².